The summed E-state index contributed by atoms with van der Waals surface area (Å²) in [7, 11) is 0. The Morgan fingerprint density at radius 3 is 2.65 bits per heavy atom. The number of hydrogen-bond donors (Lipinski definition) is 1. The van der Waals surface area contributed by atoms with Gasteiger partial charge in [-0.3, -0.25) is 4.90 Å². The first-order chi connectivity index (χ1) is 7.79. The van der Waals surface area contributed by atoms with Crippen LogP contribution in [0.5, 0.6) is 0 Å². The van der Waals surface area contributed by atoms with Crippen LogP contribution in [0.2, 0.25) is 0 Å². The Bertz CT molecular complexity index is 315. The molecule has 17 heavy (non-hydrogen) atoms. The Morgan fingerprint density at radius 1 is 1.41 bits per heavy atom. The van der Waals surface area contributed by atoms with Gasteiger partial charge in [0.05, 0.1) is 12.1 Å². The second-order valence-corrected chi connectivity index (χ2v) is 5.93. The zero-order valence-corrected chi connectivity index (χ0v) is 10.5. The molecule has 2 fully saturated rings. The number of hydrogen-bond acceptors (Lipinski definition) is 3. The molecular weight excluding hydrogens is 225 g/mol. The van der Waals surface area contributed by atoms with Crippen molar-refractivity contribution in [2.45, 2.75) is 70.0 Å². The van der Waals surface area contributed by atoms with E-state index in [4.69, 9.17) is 4.74 Å². The van der Waals surface area contributed by atoms with Crippen LogP contribution in [0.15, 0.2) is 0 Å². The van der Waals surface area contributed by atoms with Crippen LogP contribution in [-0.4, -0.2) is 46.1 Å². The lowest BCUT2D eigenvalue weighted by molar-refractivity contribution is -0.0478. The molecule has 1 N–H and O–H groups in total. The van der Waals surface area contributed by atoms with E-state index in [2.05, 4.69) is 0 Å². The lowest BCUT2D eigenvalue weighted by Crippen LogP contribution is -2.55. The van der Waals surface area contributed by atoms with Crippen molar-refractivity contribution < 1.29 is 19.0 Å². The van der Waals surface area contributed by atoms with Gasteiger partial charge in [0.2, 0.25) is 0 Å². The van der Waals surface area contributed by atoms with Gasteiger partial charge in [-0.05, 0) is 40.0 Å². The maximum absolute atomic E-state index is 13.8. The minimum atomic E-state index is -1.35. The van der Waals surface area contributed by atoms with Crippen LogP contribution in [0.4, 0.5) is 9.18 Å². The van der Waals surface area contributed by atoms with Gasteiger partial charge in [0.1, 0.15) is 11.8 Å². The van der Waals surface area contributed by atoms with E-state index in [1.54, 1.807) is 20.8 Å². The molecule has 4 atom stereocenters. The second kappa shape index (κ2) is 4.12. The van der Waals surface area contributed by atoms with Gasteiger partial charge in [-0.25, -0.2) is 9.18 Å². The predicted molar refractivity (Wildman–Crippen MR) is 60.4 cm³/mol. The molecule has 4 nitrogen and oxygen atoms in total. The van der Waals surface area contributed by atoms with Gasteiger partial charge in [-0.1, -0.05) is 0 Å². The molecule has 0 radical (unpaired) electrons. The number of aliphatic hydroxyl groups is 1. The third-order valence-electron chi connectivity index (χ3n) is 3.40. The summed E-state index contributed by atoms with van der Waals surface area (Å²) >= 11 is 0. The summed E-state index contributed by atoms with van der Waals surface area (Å²) in [6.07, 6.45) is -1.06. The Balaban J connectivity index is 2.10. The van der Waals surface area contributed by atoms with E-state index in [0.717, 1.165) is 6.42 Å². The summed E-state index contributed by atoms with van der Waals surface area (Å²) in [5.41, 5.74) is -0.571. The molecular formula is C12H20FNO3. The number of rotatable bonds is 0. The van der Waals surface area contributed by atoms with Crippen LogP contribution >= 0.6 is 0 Å². The summed E-state index contributed by atoms with van der Waals surface area (Å²) in [6, 6.07) is -0.588. The highest BCUT2D eigenvalue weighted by Gasteiger charge is 2.50. The van der Waals surface area contributed by atoms with Crippen molar-refractivity contribution >= 4 is 6.09 Å². The van der Waals surface area contributed by atoms with Gasteiger partial charge in [0, 0.05) is 6.04 Å². The third kappa shape index (κ3) is 2.39. The highest BCUT2D eigenvalue weighted by molar-refractivity contribution is 5.69. The Kier molecular flexibility index (Phi) is 3.06. The number of nitrogens with zero attached hydrogens (tertiary/aromatic N) is 1. The average Bonchev–Trinajstić information content (AvgIpc) is 2.51. The fourth-order valence-electron chi connectivity index (χ4n) is 2.72. The van der Waals surface area contributed by atoms with Crippen molar-refractivity contribution in [3.05, 3.63) is 0 Å². The van der Waals surface area contributed by atoms with Gasteiger partial charge in [-0.2, -0.15) is 0 Å². The molecule has 0 aromatic carbocycles. The van der Waals surface area contributed by atoms with E-state index in [-0.39, 0.29) is 6.04 Å². The normalized spacial score (nSPS) is 37.1. The van der Waals surface area contributed by atoms with Gasteiger partial charge in [0.15, 0.2) is 0 Å². The third-order valence-corrected chi connectivity index (χ3v) is 3.40. The van der Waals surface area contributed by atoms with E-state index >= 15 is 0 Å². The van der Waals surface area contributed by atoms with Crippen molar-refractivity contribution in [2.75, 3.05) is 0 Å². The smallest absolute Gasteiger partial charge is 0.410 e. The van der Waals surface area contributed by atoms with Crippen LogP contribution < -0.4 is 0 Å². The maximum Gasteiger partial charge on any atom is 0.410 e. The molecule has 2 heterocycles. The molecule has 0 aromatic heterocycles. The fourth-order valence-corrected chi connectivity index (χ4v) is 2.72. The van der Waals surface area contributed by atoms with E-state index < -0.39 is 30.0 Å². The van der Waals surface area contributed by atoms with Gasteiger partial charge in [0.25, 0.3) is 0 Å². The number of alkyl halides is 1. The summed E-state index contributed by atoms with van der Waals surface area (Å²) in [4.78, 5) is 13.5. The molecule has 2 rings (SSSR count). The van der Waals surface area contributed by atoms with Crippen molar-refractivity contribution in [3.8, 4) is 0 Å². The first kappa shape index (κ1) is 12.6. The van der Waals surface area contributed by atoms with Crippen molar-refractivity contribution in [1.82, 2.24) is 4.90 Å². The highest BCUT2D eigenvalue weighted by Crippen LogP contribution is 2.38. The Morgan fingerprint density at radius 2 is 2.06 bits per heavy atom. The highest BCUT2D eigenvalue weighted by atomic mass is 19.1. The molecule has 2 bridgehead atoms. The monoisotopic (exact) mass is 245 g/mol. The van der Waals surface area contributed by atoms with E-state index in [9.17, 15) is 14.3 Å². The maximum atomic E-state index is 13.8. The number of carbonyl (C=O) groups excluding carboxylic acids is 1. The van der Waals surface area contributed by atoms with Gasteiger partial charge >= 0.3 is 6.09 Å². The van der Waals surface area contributed by atoms with Crippen molar-refractivity contribution in [2.24, 2.45) is 0 Å². The summed E-state index contributed by atoms with van der Waals surface area (Å²) in [5, 5.41) is 9.54. The van der Waals surface area contributed by atoms with E-state index in [1.165, 1.54) is 4.90 Å². The van der Waals surface area contributed by atoms with Crippen LogP contribution in [0.25, 0.3) is 0 Å². The molecule has 0 unspecified atom stereocenters. The van der Waals surface area contributed by atoms with Crippen LogP contribution in [0.3, 0.4) is 0 Å². The molecule has 0 saturated carbocycles. The first-order valence-corrected chi connectivity index (χ1v) is 6.13. The largest absolute Gasteiger partial charge is 0.444 e. The number of aliphatic hydroxyl groups excluding tert-OH is 1. The van der Waals surface area contributed by atoms with Crippen LogP contribution in [-0.2, 0) is 4.74 Å². The molecule has 98 valence electrons. The number of halogens is 1. The van der Waals surface area contributed by atoms with Crippen LogP contribution in [0, 0.1) is 0 Å². The first-order valence-electron chi connectivity index (χ1n) is 6.13. The Labute approximate surface area is 101 Å². The number of fused-ring (bicyclic) bond motifs is 2. The lowest BCUT2D eigenvalue weighted by atomic mass is 9.98. The van der Waals surface area contributed by atoms with E-state index in [0.29, 0.717) is 12.8 Å². The zero-order valence-electron chi connectivity index (χ0n) is 10.5. The topological polar surface area (TPSA) is 49.8 Å². The minimum absolute atomic E-state index is 0.0724. The molecule has 1 amide bonds. The molecule has 0 spiro atoms. The molecule has 5 heteroatoms. The molecule has 0 aromatic rings. The summed E-state index contributed by atoms with van der Waals surface area (Å²) in [5.74, 6) is 0. The quantitative estimate of drug-likeness (QED) is 0.708. The average molecular weight is 245 g/mol. The molecule has 0 aliphatic carbocycles. The number of ether oxygens (including phenoxy) is 1. The zero-order chi connectivity index (χ0) is 12.8. The molecule has 2 aliphatic heterocycles. The Hall–Kier alpha value is -0.840. The van der Waals surface area contributed by atoms with Gasteiger partial charge in [-0.15, -0.1) is 0 Å². The summed E-state index contributed by atoms with van der Waals surface area (Å²) in [6.45, 7) is 5.37. The number of carbonyl (C=O) groups is 1. The standard InChI is InChI=1S/C12H20FNO3/c1-12(2,3)17-11(16)14-7-4-5-8(14)10(13)9(15)6-7/h7-10,15H,4-6H2,1-3H3/t7-,8-,9-,10+/m1/s1. The van der Waals surface area contributed by atoms with Crippen molar-refractivity contribution in [3.63, 3.8) is 0 Å². The predicted octanol–water partition coefficient (Wildman–Crippen LogP) is 1.86. The van der Waals surface area contributed by atoms with Gasteiger partial charge < -0.3 is 9.84 Å². The number of piperidine rings is 1. The lowest BCUT2D eigenvalue weighted by Gasteiger charge is -2.39. The van der Waals surface area contributed by atoms with Crippen molar-refractivity contribution in [1.29, 1.82) is 0 Å². The molecule has 2 aliphatic rings. The molecule has 2 saturated heterocycles. The fraction of sp³-hybridized carbons (Fsp3) is 0.917. The minimum Gasteiger partial charge on any atom is -0.444 e. The summed E-state index contributed by atoms with van der Waals surface area (Å²) < 4.78 is 19.1. The second-order valence-electron chi connectivity index (χ2n) is 5.93. The van der Waals surface area contributed by atoms with Crippen LogP contribution in [0.1, 0.15) is 40.0 Å². The van der Waals surface area contributed by atoms with E-state index in [1.807, 2.05) is 0 Å². The number of amides is 1. The SMILES string of the molecule is CC(C)(C)OC(=O)N1[C@@H]2CC[C@@H]1[C@H](F)[C@H](O)C2.